The summed E-state index contributed by atoms with van der Waals surface area (Å²) in [4.78, 5) is 0.293. The predicted octanol–water partition coefficient (Wildman–Crippen LogP) is 3.77. The van der Waals surface area contributed by atoms with Gasteiger partial charge in [0.05, 0.1) is 21.5 Å². The molecule has 4 nitrogen and oxygen atoms in total. The first kappa shape index (κ1) is 15.2. The molecule has 1 saturated heterocycles. The first-order chi connectivity index (χ1) is 9.53. The Balaban J connectivity index is 2.02. The van der Waals surface area contributed by atoms with E-state index in [-0.39, 0.29) is 0 Å². The van der Waals surface area contributed by atoms with Gasteiger partial charge in [-0.15, -0.1) is 0 Å². The molecule has 3 rings (SSSR count). The first-order valence-electron chi connectivity index (χ1n) is 6.66. The largest absolute Gasteiger partial charge is 0.339 e. The average Bonchev–Trinajstić information content (AvgIpc) is 2.70. The van der Waals surface area contributed by atoms with E-state index in [4.69, 9.17) is 9.47 Å². The summed E-state index contributed by atoms with van der Waals surface area (Å²) in [5.41, 5.74) is 0.491. The fraction of sp³-hybridized carbons (Fsp3) is 0.467. The SMILES string of the molecule is CC1(C)OC(c2ccc3c(c2)S(=O)(=O)C=C3Br)OC1(C)C. The van der Waals surface area contributed by atoms with E-state index in [0.717, 1.165) is 0 Å². The highest BCUT2D eigenvalue weighted by atomic mass is 79.9. The van der Waals surface area contributed by atoms with Crippen molar-refractivity contribution >= 4 is 30.2 Å². The summed E-state index contributed by atoms with van der Waals surface area (Å²) in [6, 6.07) is 5.26. The Bertz CT molecular complexity index is 731. The molecule has 2 aliphatic rings. The summed E-state index contributed by atoms with van der Waals surface area (Å²) in [5, 5.41) is 1.23. The van der Waals surface area contributed by atoms with Crippen LogP contribution in [0.2, 0.25) is 0 Å². The quantitative estimate of drug-likeness (QED) is 0.752. The van der Waals surface area contributed by atoms with E-state index < -0.39 is 27.3 Å². The van der Waals surface area contributed by atoms with Gasteiger partial charge in [0.15, 0.2) is 6.29 Å². The molecule has 0 bridgehead atoms. The second-order valence-electron chi connectivity index (χ2n) is 6.35. The van der Waals surface area contributed by atoms with Crippen LogP contribution in [-0.4, -0.2) is 19.6 Å². The van der Waals surface area contributed by atoms with Crippen LogP contribution in [0, 0.1) is 0 Å². The van der Waals surface area contributed by atoms with E-state index >= 15 is 0 Å². The van der Waals surface area contributed by atoms with Gasteiger partial charge in [0.2, 0.25) is 9.84 Å². The molecular formula is C15H17BrO4S. The number of benzene rings is 1. The summed E-state index contributed by atoms with van der Waals surface area (Å²) >= 11 is 3.28. The Morgan fingerprint density at radius 3 is 2.24 bits per heavy atom. The van der Waals surface area contributed by atoms with Crippen LogP contribution in [0.5, 0.6) is 0 Å². The fourth-order valence-electron chi connectivity index (χ4n) is 2.36. The molecule has 0 N–H and O–H groups in total. The Hall–Kier alpha value is -0.690. The molecule has 1 aromatic rings. The summed E-state index contributed by atoms with van der Waals surface area (Å²) < 4.78 is 36.7. The molecule has 114 valence electrons. The number of hydrogen-bond donors (Lipinski definition) is 0. The van der Waals surface area contributed by atoms with E-state index in [1.807, 2.05) is 33.8 Å². The van der Waals surface area contributed by atoms with Gasteiger partial charge in [0.1, 0.15) is 0 Å². The molecule has 6 heteroatoms. The maximum Gasteiger partial charge on any atom is 0.201 e. The van der Waals surface area contributed by atoms with Crippen molar-refractivity contribution < 1.29 is 17.9 Å². The standard InChI is InChI=1S/C15H17BrO4S/c1-14(2)15(3,4)20-13(19-14)9-5-6-10-11(16)8-21(17,18)12(10)7-9/h5-8,13H,1-4H3. The van der Waals surface area contributed by atoms with Gasteiger partial charge in [-0.25, -0.2) is 8.42 Å². The Labute approximate surface area is 133 Å². The monoisotopic (exact) mass is 372 g/mol. The van der Waals surface area contributed by atoms with Crippen molar-refractivity contribution in [1.82, 2.24) is 0 Å². The smallest absolute Gasteiger partial charge is 0.201 e. The van der Waals surface area contributed by atoms with Gasteiger partial charge >= 0.3 is 0 Å². The van der Waals surface area contributed by atoms with Gasteiger partial charge in [-0.3, -0.25) is 0 Å². The molecule has 21 heavy (non-hydrogen) atoms. The highest BCUT2D eigenvalue weighted by molar-refractivity contribution is 9.15. The zero-order chi connectivity index (χ0) is 15.6. The first-order valence-corrected chi connectivity index (χ1v) is 9.00. The third-order valence-electron chi connectivity index (χ3n) is 4.35. The van der Waals surface area contributed by atoms with Crippen molar-refractivity contribution in [2.24, 2.45) is 0 Å². The highest BCUT2D eigenvalue weighted by Crippen LogP contribution is 2.46. The van der Waals surface area contributed by atoms with Gasteiger partial charge in [0.25, 0.3) is 0 Å². The van der Waals surface area contributed by atoms with Crippen LogP contribution >= 0.6 is 15.9 Å². The second kappa shape index (κ2) is 4.41. The van der Waals surface area contributed by atoms with E-state index in [0.29, 0.717) is 20.5 Å². The molecule has 0 radical (unpaired) electrons. The lowest BCUT2D eigenvalue weighted by molar-refractivity contribution is -0.0896. The number of sulfone groups is 1. The van der Waals surface area contributed by atoms with Crippen molar-refractivity contribution in [2.45, 2.75) is 50.1 Å². The zero-order valence-electron chi connectivity index (χ0n) is 12.3. The molecule has 0 aliphatic carbocycles. The maximum absolute atomic E-state index is 12.1. The summed E-state index contributed by atoms with van der Waals surface area (Å²) in [6.45, 7) is 7.87. The van der Waals surface area contributed by atoms with Crippen LogP contribution in [0.25, 0.3) is 4.48 Å². The molecule has 0 aromatic heterocycles. The molecule has 1 fully saturated rings. The van der Waals surface area contributed by atoms with Crippen LogP contribution in [0.3, 0.4) is 0 Å². The lowest BCUT2D eigenvalue weighted by atomic mass is 9.90. The molecule has 0 amide bonds. The number of rotatable bonds is 1. The van der Waals surface area contributed by atoms with Gasteiger partial charge in [-0.2, -0.15) is 0 Å². The third-order valence-corrected chi connectivity index (χ3v) is 6.81. The Morgan fingerprint density at radius 2 is 1.67 bits per heavy atom. The molecule has 0 unspecified atom stereocenters. The van der Waals surface area contributed by atoms with Gasteiger partial charge in [0, 0.05) is 15.6 Å². The van der Waals surface area contributed by atoms with E-state index in [2.05, 4.69) is 15.9 Å². The summed E-state index contributed by atoms with van der Waals surface area (Å²) in [6.07, 6.45) is -0.560. The van der Waals surface area contributed by atoms with Crippen molar-refractivity contribution in [3.8, 4) is 0 Å². The molecule has 0 atom stereocenters. The molecule has 1 aromatic carbocycles. The normalized spacial score (nSPS) is 25.7. The van der Waals surface area contributed by atoms with Crippen LogP contribution < -0.4 is 0 Å². The third kappa shape index (κ3) is 2.29. The van der Waals surface area contributed by atoms with Crippen LogP contribution in [0.4, 0.5) is 0 Å². The maximum atomic E-state index is 12.1. The molecule has 0 spiro atoms. The molecular weight excluding hydrogens is 356 g/mol. The number of fused-ring (bicyclic) bond motifs is 1. The van der Waals surface area contributed by atoms with Crippen LogP contribution in [0.15, 0.2) is 28.5 Å². The van der Waals surface area contributed by atoms with Crippen molar-refractivity contribution in [1.29, 1.82) is 0 Å². The molecule has 0 saturated carbocycles. The van der Waals surface area contributed by atoms with E-state index in [1.54, 1.807) is 12.1 Å². The average molecular weight is 373 g/mol. The topological polar surface area (TPSA) is 52.6 Å². The van der Waals surface area contributed by atoms with Crippen molar-refractivity contribution in [2.75, 3.05) is 0 Å². The Kier molecular flexibility index (Phi) is 3.20. The predicted molar refractivity (Wildman–Crippen MR) is 83.6 cm³/mol. The highest BCUT2D eigenvalue weighted by Gasteiger charge is 2.49. The molecule has 2 aliphatic heterocycles. The zero-order valence-corrected chi connectivity index (χ0v) is 14.7. The second-order valence-corrected chi connectivity index (χ2v) is 8.97. The van der Waals surface area contributed by atoms with Gasteiger partial charge < -0.3 is 9.47 Å². The van der Waals surface area contributed by atoms with Gasteiger partial charge in [-0.05, 0) is 49.7 Å². The minimum atomic E-state index is -3.38. The minimum absolute atomic E-state index is 0.293. The van der Waals surface area contributed by atoms with Crippen LogP contribution in [-0.2, 0) is 19.3 Å². The molecule has 2 heterocycles. The van der Waals surface area contributed by atoms with Gasteiger partial charge in [-0.1, -0.05) is 12.1 Å². The number of ether oxygens (including phenoxy) is 2. The number of halogens is 1. The fourth-order valence-corrected chi connectivity index (χ4v) is 4.89. The lowest BCUT2D eigenvalue weighted by Crippen LogP contribution is -2.41. The van der Waals surface area contributed by atoms with Crippen molar-refractivity contribution in [3.63, 3.8) is 0 Å². The van der Waals surface area contributed by atoms with E-state index in [1.165, 1.54) is 5.41 Å². The number of hydrogen-bond acceptors (Lipinski definition) is 4. The minimum Gasteiger partial charge on any atom is -0.339 e. The van der Waals surface area contributed by atoms with Crippen LogP contribution in [0.1, 0.15) is 45.1 Å². The Morgan fingerprint density at radius 1 is 1.10 bits per heavy atom. The summed E-state index contributed by atoms with van der Waals surface area (Å²) in [5.74, 6) is 0. The lowest BCUT2D eigenvalue weighted by Gasteiger charge is -2.30. The van der Waals surface area contributed by atoms with Crippen molar-refractivity contribution in [3.05, 3.63) is 34.7 Å². The summed E-state index contributed by atoms with van der Waals surface area (Å²) in [7, 11) is -3.38. The van der Waals surface area contributed by atoms with E-state index in [9.17, 15) is 8.42 Å².